The lowest BCUT2D eigenvalue weighted by atomic mass is 9.98. The van der Waals surface area contributed by atoms with Gasteiger partial charge in [-0.3, -0.25) is 4.89 Å². The van der Waals surface area contributed by atoms with Gasteiger partial charge in [-0.1, -0.05) is 37.5 Å². The van der Waals surface area contributed by atoms with Crippen LogP contribution in [0.2, 0.25) is 0 Å². The number of carbonyl (C=O) groups is 1. The highest BCUT2D eigenvalue weighted by Gasteiger charge is 2.18. The fourth-order valence-electron chi connectivity index (χ4n) is 2.12. The molecule has 0 heterocycles. The number of hydrogen-bond donors (Lipinski definition) is 0. The molecule has 1 saturated carbocycles. The summed E-state index contributed by atoms with van der Waals surface area (Å²) in [6.07, 6.45) is 5.63. The molecule has 3 heteroatoms. The van der Waals surface area contributed by atoms with Gasteiger partial charge in [0.25, 0.3) is 0 Å². The molecule has 0 radical (unpaired) electrons. The minimum absolute atomic E-state index is 0.0803. The summed E-state index contributed by atoms with van der Waals surface area (Å²) in [6.45, 7) is 1.89. The summed E-state index contributed by atoms with van der Waals surface area (Å²) in [7, 11) is 0. The van der Waals surface area contributed by atoms with Gasteiger partial charge < -0.3 is 0 Å². The molecular weight excluding hydrogens is 216 g/mol. The second-order valence-corrected chi connectivity index (χ2v) is 4.54. The van der Waals surface area contributed by atoms with E-state index in [2.05, 4.69) is 0 Å². The molecule has 0 amide bonds. The van der Waals surface area contributed by atoms with E-state index in [9.17, 15) is 4.79 Å². The van der Waals surface area contributed by atoms with Crippen molar-refractivity contribution in [1.82, 2.24) is 0 Å². The minimum atomic E-state index is -0.395. The monoisotopic (exact) mass is 234 g/mol. The fourth-order valence-corrected chi connectivity index (χ4v) is 2.12. The predicted molar refractivity (Wildman–Crippen MR) is 64.6 cm³/mol. The standard InChI is InChI=1S/C14H18O3/c1-11-7-5-6-10-13(11)14(15)17-16-12-8-3-2-4-9-12/h5-7,10,12H,2-4,8-9H2,1H3. The molecule has 0 saturated heterocycles. The zero-order valence-electron chi connectivity index (χ0n) is 10.1. The third kappa shape index (κ3) is 3.30. The van der Waals surface area contributed by atoms with Crippen molar-refractivity contribution in [2.24, 2.45) is 0 Å². The Kier molecular flexibility index (Phi) is 4.15. The first-order valence-electron chi connectivity index (χ1n) is 6.20. The lowest BCUT2D eigenvalue weighted by Crippen LogP contribution is -2.19. The van der Waals surface area contributed by atoms with Crippen LogP contribution in [0.1, 0.15) is 48.0 Å². The van der Waals surface area contributed by atoms with Crippen molar-refractivity contribution in [3.63, 3.8) is 0 Å². The second-order valence-electron chi connectivity index (χ2n) is 4.54. The van der Waals surface area contributed by atoms with Crippen LogP contribution >= 0.6 is 0 Å². The molecule has 0 aliphatic heterocycles. The van der Waals surface area contributed by atoms with E-state index in [1.54, 1.807) is 6.07 Å². The summed E-state index contributed by atoms with van der Waals surface area (Å²) in [5, 5.41) is 0. The summed E-state index contributed by atoms with van der Waals surface area (Å²) in [6, 6.07) is 7.36. The molecule has 2 rings (SSSR count). The van der Waals surface area contributed by atoms with Crippen LogP contribution in [0.25, 0.3) is 0 Å². The Balaban J connectivity index is 1.87. The van der Waals surface area contributed by atoms with Gasteiger partial charge in [-0.2, -0.15) is 4.89 Å². The molecule has 0 aromatic heterocycles. The van der Waals surface area contributed by atoms with Crippen molar-refractivity contribution in [3.05, 3.63) is 35.4 Å². The maximum Gasteiger partial charge on any atom is 0.373 e. The van der Waals surface area contributed by atoms with Crippen LogP contribution in [-0.2, 0) is 9.78 Å². The minimum Gasteiger partial charge on any atom is -0.293 e. The van der Waals surface area contributed by atoms with Crippen molar-refractivity contribution >= 4 is 5.97 Å². The quantitative estimate of drug-likeness (QED) is 0.594. The molecular formula is C14H18O3. The highest BCUT2D eigenvalue weighted by molar-refractivity contribution is 5.90. The summed E-state index contributed by atoms with van der Waals surface area (Å²) >= 11 is 0. The Bertz CT molecular complexity index is 381. The molecule has 3 nitrogen and oxygen atoms in total. The molecule has 1 aliphatic carbocycles. The Morgan fingerprint density at radius 1 is 1.18 bits per heavy atom. The zero-order chi connectivity index (χ0) is 12.1. The number of aryl methyl sites for hydroxylation is 1. The summed E-state index contributed by atoms with van der Waals surface area (Å²) in [5.41, 5.74) is 1.48. The van der Waals surface area contributed by atoms with E-state index in [-0.39, 0.29) is 6.10 Å². The number of benzene rings is 1. The maximum absolute atomic E-state index is 11.8. The van der Waals surface area contributed by atoms with Gasteiger partial charge in [0.05, 0.1) is 5.56 Å². The zero-order valence-corrected chi connectivity index (χ0v) is 10.1. The highest BCUT2D eigenvalue weighted by Crippen LogP contribution is 2.21. The first-order valence-corrected chi connectivity index (χ1v) is 6.20. The molecule has 0 spiro atoms. The van der Waals surface area contributed by atoms with Crippen LogP contribution in [-0.4, -0.2) is 12.1 Å². The second kappa shape index (κ2) is 5.82. The fraction of sp³-hybridized carbons (Fsp3) is 0.500. The molecule has 0 unspecified atom stereocenters. The predicted octanol–water partition coefficient (Wildman–Crippen LogP) is 3.42. The van der Waals surface area contributed by atoms with Crippen LogP contribution in [0.15, 0.2) is 24.3 Å². The molecule has 0 atom stereocenters. The Morgan fingerprint density at radius 2 is 1.88 bits per heavy atom. The lowest BCUT2D eigenvalue weighted by molar-refractivity contribution is -0.279. The van der Waals surface area contributed by atoms with E-state index in [0.717, 1.165) is 31.2 Å². The average Bonchev–Trinajstić information content (AvgIpc) is 2.38. The van der Waals surface area contributed by atoms with Crippen molar-refractivity contribution in [1.29, 1.82) is 0 Å². The van der Waals surface area contributed by atoms with Crippen LogP contribution in [0.4, 0.5) is 0 Å². The van der Waals surface area contributed by atoms with E-state index >= 15 is 0 Å². The van der Waals surface area contributed by atoms with Gasteiger partial charge in [0.1, 0.15) is 6.10 Å². The van der Waals surface area contributed by atoms with Gasteiger partial charge in [-0.05, 0) is 31.4 Å². The first-order chi connectivity index (χ1) is 8.27. The summed E-state index contributed by atoms with van der Waals surface area (Å²) in [5.74, 6) is -0.395. The smallest absolute Gasteiger partial charge is 0.293 e. The third-order valence-electron chi connectivity index (χ3n) is 3.18. The van der Waals surface area contributed by atoms with E-state index in [1.165, 1.54) is 6.42 Å². The van der Waals surface area contributed by atoms with Gasteiger partial charge in [0, 0.05) is 0 Å². The molecule has 0 bridgehead atoms. The molecule has 92 valence electrons. The number of carbonyl (C=O) groups excluding carboxylic acids is 1. The van der Waals surface area contributed by atoms with Crippen molar-refractivity contribution in [2.45, 2.75) is 45.1 Å². The highest BCUT2D eigenvalue weighted by atomic mass is 17.2. The van der Waals surface area contributed by atoms with E-state index in [0.29, 0.717) is 5.56 Å². The molecule has 17 heavy (non-hydrogen) atoms. The van der Waals surface area contributed by atoms with Crippen LogP contribution in [0, 0.1) is 6.92 Å². The van der Waals surface area contributed by atoms with E-state index in [1.807, 2.05) is 25.1 Å². The molecule has 1 fully saturated rings. The van der Waals surface area contributed by atoms with Gasteiger partial charge in [0.2, 0.25) is 0 Å². The third-order valence-corrected chi connectivity index (χ3v) is 3.18. The van der Waals surface area contributed by atoms with Gasteiger partial charge in [-0.15, -0.1) is 0 Å². The number of rotatable bonds is 3. The van der Waals surface area contributed by atoms with Crippen LogP contribution < -0.4 is 0 Å². The number of hydrogen-bond acceptors (Lipinski definition) is 3. The normalized spacial score (nSPS) is 16.8. The molecule has 0 N–H and O–H groups in total. The van der Waals surface area contributed by atoms with E-state index < -0.39 is 5.97 Å². The van der Waals surface area contributed by atoms with Gasteiger partial charge >= 0.3 is 5.97 Å². The molecule has 1 aliphatic rings. The maximum atomic E-state index is 11.8. The molecule has 1 aromatic carbocycles. The largest absolute Gasteiger partial charge is 0.373 e. The van der Waals surface area contributed by atoms with Gasteiger partial charge in [0.15, 0.2) is 0 Å². The topological polar surface area (TPSA) is 35.5 Å². The van der Waals surface area contributed by atoms with Crippen molar-refractivity contribution in [2.75, 3.05) is 0 Å². The Labute approximate surface area is 102 Å². The first kappa shape index (κ1) is 12.1. The van der Waals surface area contributed by atoms with Crippen LogP contribution in [0.5, 0.6) is 0 Å². The molecule has 1 aromatic rings. The van der Waals surface area contributed by atoms with Gasteiger partial charge in [-0.25, -0.2) is 4.79 Å². The average molecular weight is 234 g/mol. The Morgan fingerprint density at radius 3 is 2.59 bits per heavy atom. The summed E-state index contributed by atoms with van der Waals surface area (Å²) < 4.78 is 0. The van der Waals surface area contributed by atoms with Crippen LogP contribution in [0.3, 0.4) is 0 Å². The lowest BCUT2D eigenvalue weighted by Gasteiger charge is -2.19. The Hall–Kier alpha value is -1.35. The SMILES string of the molecule is Cc1ccccc1C(=O)OOC1CCCCC1. The summed E-state index contributed by atoms with van der Waals surface area (Å²) in [4.78, 5) is 21.9. The van der Waals surface area contributed by atoms with Crippen molar-refractivity contribution < 1.29 is 14.6 Å². The van der Waals surface area contributed by atoms with E-state index in [4.69, 9.17) is 9.78 Å². The van der Waals surface area contributed by atoms with Crippen molar-refractivity contribution in [3.8, 4) is 0 Å².